The number of nitrogens with one attached hydrogen (secondary N) is 1. The molecule has 0 aromatic heterocycles. The van der Waals surface area contributed by atoms with E-state index in [-0.39, 0.29) is 0 Å². The molecule has 1 aliphatic heterocycles. The molecular formula is C17H30N2. The first-order valence-corrected chi connectivity index (χ1v) is 8.81. The van der Waals surface area contributed by atoms with Gasteiger partial charge in [0.15, 0.2) is 0 Å². The number of likely N-dealkylation sites (tertiary alicyclic amines) is 1. The van der Waals surface area contributed by atoms with Crippen molar-refractivity contribution in [2.75, 3.05) is 19.6 Å². The number of rotatable bonds is 4. The van der Waals surface area contributed by atoms with Gasteiger partial charge in [0.1, 0.15) is 0 Å². The van der Waals surface area contributed by atoms with Crippen LogP contribution in [0.15, 0.2) is 0 Å². The molecular weight excluding hydrogens is 232 g/mol. The quantitative estimate of drug-likeness (QED) is 0.838. The molecule has 1 heterocycles. The fourth-order valence-electron chi connectivity index (χ4n) is 6.07. The van der Waals surface area contributed by atoms with E-state index in [2.05, 4.69) is 17.1 Å². The highest BCUT2D eigenvalue weighted by atomic mass is 15.2. The predicted octanol–water partition coefficient (Wildman–Crippen LogP) is 2.89. The van der Waals surface area contributed by atoms with Crippen molar-refractivity contribution in [2.24, 2.45) is 23.7 Å². The monoisotopic (exact) mass is 262 g/mol. The summed E-state index contributed by atoms with van der Waals surface area (Å²) in [5.41, 5.74) is 0. The third-order valence-electron chi connectivity index (χ3n) is 6.72. The summed E-state index contributed by atoms with van der Waals surface area (Å²) < 4.78 is 0. The summed E-state index contributed by atoms with van der Waals surface area (Å²) in [4.78, 5) is 2.68. The summed E-state index contributed by atoms with van der Waals surface area (Å²) in [5, 5.41) is 4.03. The Morgan fingerprint density at radius 1 is 1.00 bits per heavy atom. The van der Waals surface area contributed by atoms with Crippen molar-refractivity contribution in [1.29, 1.82) is 0 Å². The molecule has 4 bridgehead atoms. The molecule has 108 valence electrons. The van der Waals surface area contributed by atoms with E-state index in [1.807, 2.05) is 0 Å². The van der Waals surface area contributed by atoms with Gasteiger partial charge in [0.2, 0.25) is 0 Å². The van der Waals surface area contributed by atoms with Crippen LogP contribution in [0, 0.1) is 23.7 Å². The van der Waals surface area contributed by atoms with Crippen LogP contribution in [-0.2, 0) is 0 Å². The van der Waals surface area contributed by atoms with E-state index in [0.29, 0.717) is 0 Å². The van der Waals surface area contributed by atoms with Gasteiger partial charge < -0.3 is 5.32 Å². The van der Waals surface area contributed by atoms with Crippen molar-refractivity contribution in [3.8, 4) is 0 Å². The summed E-state index contributed by atoms with van der Waals surface area (Å²) in [6.07, 6.45) is 10.6. The maximum atomic E-state index is 4.03. The molecule has 4 aliphatic carbocycles. The fraction of sp³-hybridized carbons (Fsp3) is 1.00. The van der Waals surface area contributed by atoms with Gasteiger partial charge in [0.25, 0.3) is 0 Å². The minimum atomic E-state index is 0.835. The van der Waals surface area contributed by atoms with Gasteiger partial charge >= 0.3 is 0 Å². The second kappa shape index (κ2) is 5.04. The van der Waals surface area contributed by atoms with E-state index in [9.17, 15) is 0 Å². The van der Waals surface area contributed by atoms with Gasteiger partial charge in [-0.25, -0.2) is 0 Å². The highest BCUT2D eigenvalue weighted by molar-refractivity contribution is 5.01. The molecule has 1 atom stereocenters. The Labute approximate surface area is 118 Å². The molecule has 4 saturated carbocycles. The maximum absolute atomic E-state index is 4.03. The summed E-state index contributed by atoms with van der Waals surface area (Å²) in [7, 11) is 0. The fourth-order valence-corrected chi connectivity index (χ4v) is 6.07. The summed E-state index contributed by atoms with van der Waals surface area (Å²) in [5.74, 6) is 4.29. The maximum Gasteiger partial charge on any atom is 0.0221 e. The van der Waals surface area contributed by atoms with E-state index < -0.39 is 0 Å². The number of hydrogen-bond acceptors (Lipinski definition) is 2. The third kappa shape index (κ3) is 2.25. The molecule has 2 heteroatoms. The second-order valence-electron chi connectivity index (χ2n) is 7.79. The molecule has 19 heavy (non-hydrogen) atoms. The Balaban J connectivity index is 1.36. The van der Waals surface area contributed by atoms with Gasteiger partial charge in [-0.1, -0.05) is 6.92 Å². The smallest absolute Gasteiger partial charge is 0.0221 e. The lowest BCUT2D eigenvalue weighted by atomic mass is 9.54. The van der Waals surface area contributed by atoms with Crippen molar-refractivity contribution in [3.05, 3.63) is 0 Å². The van der Waals surface area contributed by atoms with Gasteiger partial charge in [-0.05, 0) is 81.7 Å². The van der Waals surface area contributed by atoms with Gasteiger partial charge in [0.05, 0.1) is 0 Å². The van der Waals surface area contributed by atoms with Crippen LogP contribution < -0.4 is 5.32 Å². The molecule has 0 aromatic carbocycles. The van der Waals surface area contributed by atoms with Crippen LogP contribution in [0.25, 0.3) is 0 Å². The molecule has 0 aromatic rings. The standard InChI is InChI=1S/C17H30N2/c1-2-19-5-3-4-16(19)11-18-17-14-7-12-6-13(9-14)10-15(17)8-12/h12-18H,2-11H2,1H3. The van der Waals surface area contributed by atoms with Gasteiger partial charge in [0, 0.05) is 18.6 Å². The van der Waals surface area contributed by atoms with Crippen LogP contribution in [0.3, 0.4) is 0 Å². The lowest BCUT2D eigenvalue weighted by molar-refractivity contribution is -0.0152. The Morgan fingerprint density at radius 3 is 2.32 bits per heavy atom. The molecule has 5 aliphatic rings. The van der Waals surface area contributed by atoms with Crippen LogP contribution >= 0.6 is 0 Å². The summed E-state index contributed by atoms with van der Waals surface area (Å²) in [6.45, 7) is 6.17. The summed E-state index contributed by atoms with van der Waals surface area (Å²) in [6, 6.07) is 1.72. The SMILES string of the molecule is CCN1CCCC1CNC1C2CC3CC(C2)CC1C3. The highest BCUT2D eigenvalue weighted by Gasteiger charge is 2.48. The highest BCUT2D eigenvalue weighted by Crippen LogP contribution is 2.53. The van der Waals surface area contributed by atoms with Crippen LogP contribution in [-0.4, -0.2) is 36.6 Å². The zero-order chi connectivity index (χ0) is 12.8. The Hall–Kier alpha value is -0.0800. The first-order valence-electron chi connectivity index (χ1n) is 8.81. The van der Waals surface area contributed by atoms with Crippen LogP contribution in [0.2, 0.25) is 0 Å². The lowest BCUT2D eigenvalue weighted by Crippen LogP contribution is -2.56. The third-order valence-corrected chi connectivity index (χ3v) is 6.72. The molecule has 1 N–H and O–H groups in total. The van der Waals surface area contributed by atoms with Gasteiger partial charge in [-0.2, -0.15) is 0 Å². The van der Waals surface area contributed by atoms with Crippen LogP contribution in [0.1, 0.15) is 51.9 Å². The first-order chi connectivity index (χ1) is 9.33. The Kier molecular flexibility index (Phi) is 3.35. The first kappa shape index (κ1) is 12.6. The van der Waals surface area contributed by atoms with E-state index >= 15 is 0 Å². The largest absolute Gasteiger partial charge is 0.312 e. The minimum Gasteiger partial charge on any atom is -0.312 e. The predicted molar refractivity (Wildman–Crippen MR) is 79.1 cm³/mol. The van der Waals surface area contributed by atoms with Gasteiger partial charge in [-0.3, -0.25) is 4.90 Å². The number of hydrogen-bond donors (Lipinski definition) is 1. The molecule has 0 amide bonds. The lowest BCUT2D eigenvalue weighted by Gasteiger charge is -2.54. The van der Waals surface area contributed by atoms with Crippen molar-refractivity contribution in [2.45, 2.75) is 64.0 Å². The molecule has 5 fully saturated rings. The topological polar surface area (TPSA) is 15.3 Å². The van der Waals surface area contributed by atoms with Crippen molar-refractivity contribution in [3.63, 3.8) is 0 Å². The number of nitrogens with zero attached hydrogens (tertiary/aromatic N) is 1. The molecule has 0 spiro atoms. The van der Waals surface area contributed by atoms with Gasteiger partial charge in [-0.15, -0.1) is 0 Å². The van der Waals surface area contributed by atoms with E-state index in [1.54, 1.807) is 32.1 Å². The molecule has 2 nitrogen and oxygen atoms in total. The normalized spacial score (nSPS) is 49.1. The molecule has 0 radical (unpaired) electrons. The Bertz CT molecular complexity index is 299. The average molecular weight is 262 g/mol. The zero-order valence-corrected chi connectivity index (χ0v) is 12.5. The average Bonchev–Trinajstić information content (AvgIpc) is 2.84. The minimum absolute atomic E-state index is 0.835. The van der Waals surface area contributed by atoms with Crippen LogP contribution in [0.5, 0.6) is 0 Å². The van der Waals surface area contributed by atoms with Crippen molar-refractivity contribution >= 4 is 0 Å². The Morgan fingerprint density at radius 2 is 1.68 bits per heavy atom. The van der Waals surface area contributed by atoms with Crippen molar-refractivity contribution in [1.82, 2.24) is 10.2 Å². The summed E-state index contributed by atoms with van der Waals surface area (Å²) >= 11 is 0. The van der Waals surface area contributed by atoms with E-state index in [4.69, 9.17) is 0 Å². The second-order valence-corrected chi connectivity index (χ2v) is 7.79. The number of likely N-dealkylation sites (N-methyl/N-ethyl adjacent to an activating group) is 1. The van der Waals surface area contributed by atoms with E-state index in [0.717, 1.165) is 35.8 Å². The van der Waals surface area contributed by atoms with E-state index in [1.165, 1.54) is 32.5 Å². The van der Waals surface area contributed by atoms with Crippen LogP contribution in [0.4, 0.5) is 0 Å². The zero-order valence-electron chi connectivity index (χ0n) is 12.5. The molecule has 1 saturated heterocycles. The van der Waals surface area contributed by atoms with Crippen molar-refractivity contribution < 1.29 is 0 Å². The molecule has 5 rings (SSSR count). The molecule has 1 unspecified atom stereocenters.